The number of nitrogens with one attached hydrogen (secondary N) is 2. The average Bonchev–Trinajstić information content (AvgIpc) is 2.60. The molecule has 2 rings (SSSR count). The molecule has 0 radical (unpaired) electrons. The number of anilines is 2. The van der Waals surface area contributed by atoms with E-state index in [0.29, 0.717) is 5.69 Å². The van der Waals surface area contributed by atoms with Gasteiger partial charge in [0.2, 0.25) is 11.8 Å². The van der Waals surface area contributed by atoms with E-state index in [9.17, 15) is 14.4 Å². The summed E-state index contributed by atoms with van der Waals surface area (Å²) in [5, 5.41) is 5.50. The molecule has 6 nitrogen and oxygen atoms in total. The normalized spacial score (nSPS) is 10.2. The van der Waals surface area contributed by atoms with E-state index in [1.165, 1.54) is 25.3 Å². The standard InChI is InChI=1S/C19H19ClN2O4/c1-11-5-4-6-15(12(11)2)21-17(23)10-18(24)22-16-9-13(19(25)26-3)7-8-14(16)20/h4-9H,10H2,1-3H3,(H,21,23)(H,22,24). The van der Waals surface area contributed by atoms with Crippen molar-refractivity contribution in [3.8, 4) is 0 Å². The Hall–Kier alpha value is -2.86. The van der Waals surface area contributed by atoms with Gasteiger partial charge in [-0.2, -0.15) is 0 Å². The Morgan fingerprint density at radius 3 is 2.31 bits per heavy atom. The molecule has 136 valence electrons. The molecule has 26 heavy (non-hydrogen) atoms. The van der Waals surface area contributed by atoms with Crippen LogP contribution in [0.1, 0.15) is 27.9 Å². The Morgan fingerprint density at radius 1 is 1.00 bits per heavy atom. The summed E-state index contributed by atoms with van der Waals surface area (Å²) in [5.41, 5.74) is 3.12. The van der Waals surface area contributed by atoms with Crippen LogP contribution in [0.3, 0.4) is 0 Å². The van der Waals surface area contributed by atoms with Crippen LogP contribution in [0.2, 0.25) is 5.02 Å². The van der Waals surface area contributed by atoms with E-state index in [1.54, 1.807) is 6.07 Å². The molecule has 0 saturated heterocycles. The second kappa shape index (κ2) is 8.49. The average molecular weight is 375 g/mol. The van der Waals surface area contributed by atoms with Crippen LogP contribution in [0.4, 0.5) is 11.4 Å². The van der Waals surface area contributed by atoms with E-state index in [2.05, 4.69) is 15.4 Å². The van der Waals surface area contributed by atoms with Gasteiger partial charge in [0.05, 0.1) is 23.4 Å². The van der Waals surface area contributed by atoms with Crippen molar-refractivity contribution in [3.63, 3.8) is 0 Å². The van der Waals surface area contributed by atoms with Crippen molar-refractivity contribution in [1.29, 1.82) is 0 Å². The zero-order chi connectivity index (χ0) is 19.3. The topological polar surface area (TPSA) is 84.5 Å². The lowest BCUT2D eigenvalue weighted by Gasteiger charge is -2.11. The molecule has 2 aromatic rings. The van der Waals surface area contributed by atoms with E-state index in [4.69, 9.17) is 11.6 Å². The van der Waals surface area contributed by atoms with Crippen LogP contribution >= 0.6 is 11.6 Å². The van der Waals surface area contributed by atoms with Crippen molar-refractivity contribution in [2.45, 2.75) is 20.3 Å². The van der Waals surface area contributed by atoms with Gasteiger partial charge in [0, 0.05) is 5.69 Å². The third kappa shape index (κ3) is 4.83. The van der Waals surface area contributed by atoms with Crippen molar-refractivity contribution in [3.05, 3.63) is 58.1 Å². The fraction of sp³-hybridized carbons (Fsp3) is 0.211. The predicted molar refractivity (Wildman–Crippen MR) is 101 cm³/mol. The summed E-state index contributed by atoms with van der Waals surface area (Å²) in [7, 11) is 1.26. The first kappa shape index (κ1) is 19.5. The fourth-order valence-electron chi connectivity index (χ4n) is 2.29. The summed E-state index contributed by atoms with van der Waals surface area (Å²) < 4.78 is 4.63. The summed E-state index contributed by atoms with van der Waals surface area (Å²) in [6.07, 6.45) is -0.383. The number of carbonyl (C=O) groups excluding carboxylic acids is 3. The van der Waals surface area contributed by atoms with Gasteiger partial charge in [0.1, 0.15) is 6.42 Å². The number of esters is 1. The van der Waals surface area contributed by atoms with Gasteiger partial charge in [-0.1, -0.05) is 23.7 Å². The lowest BCUT2D eigenvalue weighted by atomic mass is 10.1. The quantitative estimate of drug-likeness (QED) is 0.617. The molecule has 0 atom stereocenters. The van der Waals surface area contributed by atoms with Gasteiger partial charge >= 0.3 is 5.97 Å². The number of rotatable bonds is 5. The highest BCUT2D eigenvalue weighted by Crippen LogP contribution is 2.24. The van der Waals surface area contributed by atoms with Crippen LogP contribution < -0.4 is 10.6 Å². The Kier molecular flexibility index (Phi) is 6.36. The smallest absolute Gasteiger partial charge is 0.337 e. The Bertz CT molecular complexity index is 865. The minimum absolute atomic E-state index is 0.235. The minimum Gasteiger partial charge on any atom is -0.465 e. The SMILES string of the molecule is COC(=O)c1ccc(Cl)c(NC(=O)CC(=O)Nc2cccc(C)c2C)c1. The molecule has 0 heterocycles. The van der Waals surface area contributed by atoms with Crippen LogP contribution in [0, 0.1) is 13.8 Å². The van der Waals surface area contributed by atoms with E-state index in [-0.39, 0.29) is 22.7 Å². The first-order valence-corrected chi connectivity index (χ1v) is 8.23. The number of hydrogen-bond donors (Lipinski definition) is 2. The number of amides is 2. The lowest BCUT2D eigenvalue weighted by Crippen LogP contribution is -2.22. The van der Waals surface area contributed by atoms with Crippen molar-refractivity contribution in [2.24, 2.45) is 0 Å². The zero-order valence-electron chi connectivity index (χ0n) is 14.7. The lowest BCUT2D eigenvalue weighted by molar-refractivity contribution is -0.123. The summed E-state index contributed by atoms with van der Waals surface area (Å²) in [6, 6.07) is 9.89. The Labute approximate surface area is 156 Å². The van der Waals surface area contributed by atoms with Gasteiger partial charge in [-0.15, -0.1) is 0 Å². The Balaban J connectivity index is 2.03. The first-order valence-electron chi connectivity index (χ1n) is 7.85. The highest BCUT2D eigenvalue weighted by Gasteiger charge is 2.14. The molecular weight excluding hydrogens is 356 g/mol. The molecule has 0 aliphatic rings. The van der Waals surface area contributed by atoms with Crippen LogP contribution in [0.15, 0.2) is 36.4 Å². The number of carbonyl (C=O) groups is 3. The van der Waals surface area contributed by atoms with Gasteiger partial charge < -0.3 is 15.4 Å². The van der Waals surface area contributed by atoms with Crippen molar-refractivity contribution >= 4 is 40.8 Å². The molecule has 0 fully saturated rings. The van der Waals surface area contributed by atoms with E-state index >= 15 is 0 Å². The van der Waals surface area contributed by atoms with Crippen molar-refractivity contribution in [1.82, 2.24) is 0 Å². The highest BCUT2D eigenvalue weighted by atomic mass is 35.5. The van der Waals surface area contributed by atoms with Crippen LogP contribution in [0.25, 0.3) is 0 Å². The maximum absolute atomic E-state index is 12.1. The number of methoxy groups -OCH3 is 1. The van der Waals surface area contributed by atoms with Crippen LogP contribution in [-0.4, -0.2) is 24.9 Å². The summed E-state index contributed by atoms with van der Waals surface area (Å²) in [4.78, 5) is 35.8. The first-order chi connectivity index (χ1) is 12.3. The monoisotopic (exact) mass is 374 g/mol. The van der Waals surface area contributed by atoms with Crippen molar-refractivity contribution < 1.29 is 19.1 Å². The van der Waals surface area contributed by atoms with Gasteiger partial charge in [-0.05, 0) is 49.2 Å². The summed E-state index contributed by atoms with van der Waals surface area (Å²) >= 11 is 6.03. The number of aryl methyl sites for hydroxylation is 1. The molecule has 0 bridgehead atoms. The highest BCUT2D eigenvalue weighted by molar-refractivity contribution is 6.34. The third-order valence-corrected chi connectivity index (χ3v) is 4.19. The molecule has 0 aliphatic carbocycles. The van der Waals surface area contributed by atoms with E-state index < -0.39 is 17.8 Å². The Morgan fingerprint density at radius 2 is 1.65 bits per heavy atom. The molecule has 2 N–H and O–H groups in total. The fourth-order valence-corrected chi connectivity index (χ4v) is 2.45. The minimum atomic E-state index is -0.551. The van der Waals surface area contributed by atoms with Crippen LogP contribution in [0.5, 0.6) is 0 Å². The molecule has 0 aromatic heterocycles. The number of halogens is 1. The number of ether oxygens (including phenoxy) is 1. The molecule has 0 saturated carbocycles. The second-order valence-electron chi connectivity index (χ2n) is 5.71. The maximum atomic E-state index is 12.1. The number of hydrogen-bond acceptors (Lipinski definition) is 4. The maximum Gasteiger partial charge on any atom is 0.337 e. The summed E-state index contributed by atoms with van der Waals surface area (Å²) in [6.45, 7) is 3.83. The zero-order valence-corrected chi connectivity index (χ0v) is 15.4. The second-order valence-corrected chi connectivity index (χ2v) is 6.11. The molecule has 0 aliphatic heterocycles. The number of benzene rings is 2. The van der Waals surface area contributed by atoms with Crippen molar-refractivity contribution in [2.75, 3.05) is 17.7 Å². The molecule has 0 unspecified atom stereocenters. The molecule has 2 amide bonds. The van der Waals surface area contributed by atoms with E-state index in [1.807, 2.05) is 26.0 Å². The van der Waals surface area contributed by atoms with Gasteiger partial charge in [0.25, 0.3) is 0 Å². The van der Waals surface area contributed by atoms with Crippen LogP contribution in [-0.2, 0) is 14.3 Å². The van der Waals surface area contributed by atoms with Gasteiger partial charge in [0.15, 0.2) is 0 Å². The van der Waals surface area contributed by atoms with E-state index in [0.717, 1.165) is 11.1 Å². The summed E-state index contributed by atoms with van der Waals surface area (Å²) in [5.74, 6) is -1.54. The predicted octanol–water partition coefficient (Wildman–Crippen LogP) is 3.71. The third-order valence-electron chi connectivity index (χ3n) is 3.86. The molecule has 0 spiro atoms. The molecular formula is C19H19ClN2O4. The molecule has 7 heteroatoms. The van der Waals surface area contributed by atoms with Gasteiger partial charge in [-0.3, -0.25) is 9.59 Å². The largest absolute Gasteiger partial charge is 0.465 e. The van der Waals surface area contributed by atoms with Gasteiger partial charge in [-0.25, -0.2) is 4.79 Å². The molecule has 2 aromatic carbocycles.